The molecule has 3 aromatic rings. The number of carbonyl (C=O) groups excluding carboxylic acids is 1. The van der Waals surface area contributed by atoms with Gasteiger partial charge in [-0.05, 0) is 0 Å². The quantitative estimate of drug-likeness (QED) is 0.672. The van der Waals surface area contributed by atoms with E-state index in [0.29, 0.717) is 18.8 Å². The van der Waals surface area contributed by atoms with E-state index in [2.05, 4.69) is 32.4 Å². The van der Waals surface area contributed by atoms with Crippen molar-refractivity contribution >= 4 is 29.7 Å². The van der Waals surface area contributed by atoms with E-state index in [0.717, 1.165) is 35.9 Å². The molecule has 0 unspecified atom stereocenters. The van der Waals surface area contributed by atoms with Crippen molar-refractivity contribution in [2.24, 2.45) is 0 Å². The second kappa shape index (κ2) is 9.03. The van der Waals surface area contributed by atoms with E-state index in [1.54, 1.807) is 23.7 Å². The van der Waals surface area contributed by atoms with Crippen LogP contribution in [-0.2, 0) is 6.54 Å². The molecule has 1 aliphatic heterocycles. The van der Waals surface area contributed by atoms with Crippen LogP contribution in [0.2, 0.25) is 0 Å². The number of piperazine rings is 1. The largest absolute Gasteiger partial charge is 0.335 e. The lowest BCUT2D eigenvalue weighted by molar-refractivity contribution is 0.0621. The van der Waals surface area contributed by atoms with Crippen LogP contribution in [-0.4, -0.2) is 56.8 Å². The van der Waals surface area contributed by atoms with Gasteiger partial charge in [0.15, 0.2) is 0 Å². The first-order valence-corrected chi connectivity index (χ1v) is 9.45. The molecule has 1 fully saturated rings. The third kappa shape index (κ3) is 4.68. The summed E-state index contributed by atoms with van der Waals surface area (Å²) in [5.41, 5.74) is 2.65. The lowest BCUT2D eigenvalue weighted by Crippen LogP contribution is -2.48. The summed E-state index contributed by atoms with van der Waals surface area (Å²) in [6, 6.07) is 10.2. The van der Waals surface area contributed by atoms with E-state index >= 15 is 0 Å². The van der Waals surface area contributed by atoms with Gasteiger partial charge in [-0.3, -0.25) is 14.7 Å². The number of rotatable bonds is 4. The van der Waals surface area contributed by atoms with Gasteiger partial charge in [-0.2, -0.15) is 0 Å². The maximum Gasteiger partial charge on any atom is 0.274 e. The molecule has 0 bridgehead atoms. The minimum atomic E-state index is -0.0437. The first-order valence-electron chi connectivity index (χ1n) is 8.57. The van der Waals surface area contributed by atoms with Gasteiger partial charge >= 0.3 is 0 Å². The molecule has 4 rings (SSSR count). The van der Waals surface area contributed by atoms with Crippen molar-refractivity contribution in [2.75, 3.05) is 26.2 Å². The van der Waals surface area contributed by atoms with Gasteiger partial charge in [-0.15, -0.1) is 23.7 Å². The maximum absolute atomic E-state index is 12.4. The number of halogens is 1. The van der Waals surface area contributed by atoms with Crippen LogP contribution in [0.3, 0.4) is 0 Å². The summed E-state index contributed by atoms with van der Waals surface area (Å²) in [6.45, 7) is 3.89. The number of carbonyl (C=O) groups is 1. The van der Waals surface area contributed by atoms with E-state index in [-0.39, 0.29) is 18.3 Å². The van der Waals surface area contributed by atoms with Crippen molar-refractivity contribution in [3.05, 3.63) is 65.7 Å². The van der Waals surface area contributed by atoms with E-state index in [1.165, 1.54) is 6.20 Å². The monoisotopic (exact) mass is 401 g/mol. The Hall–Kier alpha value is -2.35. The van der Waals surface area contributed by atoms with Crippen molar-refractivity contribution < 1.29 is 4.79 Å². The second-order valence-corrected chi connectivity index (χ2v) is 7.03. The Balaban J connectivity index is 0.00000210. The average Bonchev–Trinajstić information content (AvgIpc) is 3.18. The standard InChI is InChI=1S/C19H19N5OS.ClH/c25-19(17-12-20-6-7-21-17)24-10-8-23(9-11-24)13-16-14-26-18(22-16)15-4-2-1-3-5-15;/h1-7,12,14H,8-11,13H2;1H. The molecular weight excluding hydrogens is 382 g/mol. The molecular formula is C19H20ClN5OS. The summed E-state index contributed by atoms with van der Waals surface area (Å²) in [6.07, 6.45) is 4.65. The zero-order valence-corrected chi connectivity index (χ0v) is 16.3. The second-order valence-electron chi connectivity index (χ2n) is 6.17. The number of nitrogens with zero attached hydrogens (tertiary/aromatic N) is 5. The molecule has 1 amide bonds. The maximum atomic E-state index is 12.4. The molecule has 0 N–H and O–H groups in total. The highest BCUT2D eigenvalue weighted by Crippen LogP contribution is 2.24. The number of hydrogen-bond donors (Lipinski definition) is 0. The zero-order valence-electron chi connectivity index (χ0n) is 14.7. The van der Waals surface area contributed by atoms with Gasteiger partial charge in [0.25, 0.3) is 5.91 Å². The van der Waals surface area contributed by atoms with Crippen LogP contribution >= 0.6 is 23.7 Å². The van der Waals surface area contributed by atoms with Gasteiger partial charge in [0, 0.05) is 56.1 Å². The van der Waals surface area contributed by atoms with E-state index in [4.69, 9.17) is 4.98 Å². The third-order valence-corrected chi connectivity index (χ3v) is 5.34. The predicted molar refractivity (Wildman–Crippen MR) is 108 cm³/mol. The highest BCUT2D eigenvalue weighted by molar-refractivity contribution is 7.13. The van der Waals surface area contributed by atoms with Crippen LogP contribution in [0.15, 0.2) is 54.3 Å². The number of amides is 1. The minimum absolute atomic E-state index is 0. The Kier molecular flexibility index (Phi) is 6.49. The van der Waals surface area contributed by atoms with Crippen LogP contribution in [0, 0.1) is 0 Å². The first kappa shape index (κ1) is 19.4. The fourth-order valence-corrected chi connectivity index (χ4v) is 3.82. The highest BCUT2D eigenvalue weighted by atomic mass is 35.5. The molecule has 3 heterocycles. The lowest BCUT2D eigenvalue weighted by atomic mass is 10.2. The average molecular weight is 402 g/mol. The van der Waals surface area contributed by atoms with Gasteiger partial charge in [0.05, 0.1) is 11.9 Å². The summed E-state index contributed by atoms with van der Waals surface area (Å²) in [5, 5.41) is 3.18. The molecule has 0 spiro atoms. The number of hydrogen-bond acceptors (Lipinski definition) is 6. The van der Waals surface area contributed by atoms with Gasteiger partial charge in [-0.1, -0.05) is 30.3 Å². The zero-order chi connectivity index (χ0) is 17.8. The van der Waals surface area contributed by atoms with Gasteiger partial charge < -0.3 is 4.90 Å². The fraction of sp³-hybridized carbons (Fsp3) is 0.263. The Morgan fingerprint density at radius 1 is 1.07 bits per heavy atom. The summed E-state index contributed by atoms with van der Waals surface area (Å²) < 4.78 is 0. The highest BCUT2D eigenvalue weighted by Gasteiger charge is 2.23. The Morgan fingerprint density at radius 3 is 2.56 bits per heavy atom. The Morgan fingerprint density at radius 2 is 1.85 bits per heavy atom. The summed E-state index contributed by atoms with van der Waals surface area (Å²) in [7, 11) is 0. The number of thiazole rings is 1. The Labute approximate surface area is 168 Å². The molecule has 1 aliphatic rings. The van der Waals surface area contributed by atoms with E-state index < -0.39 is 0 Å². The van der Waals surface area contributed by atoms with E-state index in [1.807, 2.05) is 23.1 Å². The minimum Gasteiger partial charge on any atom is -0.335 e. The molecule has 6 nitrogen and oxygen atoms in total. The summed E-state index contributed by atoms with van der Waals surface area (Å²) in [4.78, 5) is 29.4. The van der Waals surface area contributed by atoms with Crippen molar-refractivity contribution in [3.63, 3.8) is 0 Å². The topological polar surface area (TPSA) is 62.2 Å². The summed E-state index contributed by atoms with van der Waals surface area (Å²) in [5.74, 6) is -0.0437. The predicted octanol–water partition coefficient (Wildman–Crippen LogP) is 2.98. The molecule has 1 saturated heterocycles. The van der Waals surface area contributed by atoms with Crippen LogP contribution in [0.5, 0.6) is 0 Å². The van der Waals surface area contributed by atoms with Crippen molar-refractivity contribution in [1.82, 2.24) is 24.8 Å². The number of benzene rings is 1. The Bertz CT molecular complexity index is 866. The molecule has 8 heteroatoms. The molecule has 0 radical (unpaired) electrons. The normalized spacial score (nSPS) is 14.6. The smallest absolute Gasteiger partial charge is 0.274 e. The van der Waals surface area contributed by atoms with Gasteiger partial charge in [0.2, 0.25) is 0 Å². The van der Waals surface area contributed by atoms with Crippen LogP contribution < -0.4 is 0 Å². The summed E-state index contributed by atoms with van der Waals surface area (Å²) >= 11 is 1.68. The molecule has 2 aromatic heterocycles. The molecule has 27 heavy (non-hydrogen) atoms. The van der Waals surface area contributed by atoms with Crippen molar-refractivity contribution in [1.29, 1.82) is 0 Å². The van der Waals surface area contributed by atoms with Gasteiger partial charge in [0.1, 0.15) is 10.7 Å². The lowest BCUT2D eigenvalue weighted by Gasteiger charge is -2.34. The van der Waals surface area contributed by atoms with Crippen LogP contribution in [0.1, 0.15) is 16.2 Å². The molecule has 0 aliphatic carbocycles. The third-order valence-electron chi connectivity index (χ3n) is 4.40. The number of aromatic nitrogens is 3. The van der Waals surface area contributed by atoms with Gasteiger partial charge in [-0.25, -0.2) is 9.97 Å². The van der Waals surface area contributed by atoms with E-state index in [9.17, 15) is 4.79 Å². The SMILES string of the molecule is Cl.O=C(c1cnccn1)N1CCN(Cc2csc(-c3ccccc3)n2)CC1. The fourth-order valence-electron chi connectivity index (χ4n) is 3.00. The molecule has 0 atom stereocenters. The molecule has 140 valence electrons. The first-order chi connectivity index (χ1) is 12.8. The van der Waals surface area contributed by atoms with Crippen molar-refractivity contribution in [3.8, 4) is 10.6 Å². The van der Waals surface area contributed by atoms with Crippen LogP contribution in [0.25, 0.3) is 10.6 Å². The molecule has 1 aromatic carbocycles. The van der Waals surface area contributed by atoms with Crippen molar-refractivity contribution in [2.45, 2.75) is 6.54 Å². The van der Waals surface area contributed by atoms with Crippen LogP contribution in [0.4, 0.5) is 0 Å². The molecule has 0 saturated carbocycles.